The van der Waals surface area contributed by atoms with Crippen LogP contribution in [0.25, 0.3) is 11.3 Å². The van der Waals surface area contributed by atoms with Crippen molar-refractivity contribution in [2.45, 2.75) is 6.42 Å². The molecule has 0 saturated carbocycles. The zero-order valence-electron chi connectivity index (χ0n) is 11.7. The number of aromatic amines is 1. The summed E-state index contributed by atoms with van der Waals surface area (Å²) in [6.07, 6.45) is 3.58. The van der Waals surface area contributed by atoms with Crippen molar-refractivity contribution in [3.63, 3.8) is 0 Å². The topological polar surface area (TPSA) is 90.9 Å². The van der Waals surface area contributed by atoms with Crippen LogP contribution in [-0.4, -0.2) is 26.2 Å². The second-order valence-corrected chi connectivity index (χ2v) is 4.80. The predicted molar refractivity (Wildman–Crippen MR) is 82.3 cm³/mol. The molecule has 3 rings (SSSR count). The van der Waals surface area contributed by atoms with E-state index in [-0.39, 0.29) is 18.1 Å². The van der Waals surface area contributed by atoms with Crippen molar-refractivity contribution in [2.24, 2.45) is 0 Å². The lowest BCUT2D eigenvalue weighted by molar-refractivity contribution is -0.115. The molecule has 0 aliphatic heterocycles. The van der Waals surface area contributed by atoms with Crippen molar-refractivity contribution in [3.05, 3.63) is 60.4 Å². The molecule has 0 bridgehead atoms. The molecule has 0 aliphatic rings. The lowest BCUT2D eigenvalue weighted by Crippen LogP contribution is -2.14. The van der Waals surface area contributed by atoms with E-state index in [2.05, 4.69) is 20.5 Å². The van der Waals surface area contributed by atoms with Gasteiger partial charge in [0.15, 0.2) is 5.82 Å². The number of carbonyl (C=O) groups is 1. The summed E-state index contributed by atoms with van der Waals surface area (Å²) in [5, 5.41) is 19.0. The number of benzene rings is 1. The molecule has 110 valence electrons. The molecule has 0 atom stereocenters. The number of nitrogens with zero attached hydrogens (tertiary/aromatic N) is 2. The molecule has 3 N–H and O–H groups in total. The van der Waals surface area contributed by atoms with Crippen LogP contribution in [0.5, 0.6) is 5.75 Å². The SMILES string of the molecule is O=C(Cc1cccc(O)c1)Nc1cc(-c2cccnc2)[nH]n1. The van der Waals surface area contributed by atoms with Gasteiger partial charge < -0.3 is 10.4 Å². The van der Waals surface area contributed by atoms with Crippen LogP contribution in [0.15, 0.2) is 54.9 Å². The van der Waals surface area contributed by atoms with Crippen LogP contribution in [-0.2, 0) is 11.2 Å². The Morgan fingerprint density at radius 2 is 2.14 bits per heavy atom. The van der Waals surface area contributed by atoms with Crippen molar-refractivity contribution in [1.82, 2.24) is 15.2 Å². The number of rotatable bonds is 4. The Hall–Kier alpha value is -3.15. The van der Waals surface area contributed by atoms with Gasteiger partial charge in [-0.15, -0.1) is 0 Å². The van der Waals surface area contributed by atoms with Crippen LogP contribution in [0.2, 0.25) is 0 Å². The number of aromatic nitrogens is 3. The van der Waals surface area contributed by atoms with E-state index < -0.39 is 0 Å². The zero-order chi connectivity index (χ0) is 15.4. The molecule has 1 amide bonds. The first-order valence-electron chi connectivity index (χ1n) is 6.74. The Morgan fingerprint density at radius 1 is 1.23 bits per heavy atom. The van der Waals surface area contributed by atoms with Crippen LogP contribution in [0, 0.1) is 0 Å². The molecule has 0 radical (unpaired) electrons. The average Bonchev–Trinajstić information content (AvgIpc) is 2.96. The number of hydrogen-bond donors (Lipinski definition) is 3. The number of anilines is 1. The lowest BCUT2D eigenvalue weighted by Gasteiger charge is -2.02. The monoisotopic (exact) mass is 294 g/mol. The number of hydrogen-bond acceptors (Lipinski definition) is 4. The van der Waals surface area contributed by atoms with Gasteiger partial charge in [0.25, 0.3) is 0 Å². The fourth-order valence-electron chi connectivity index (χ4n) is 2.09. The molecule has 6 nitrogen and oxygen atoms in total. The Bertz CT molecular complexity index is 784. The summed E-state index contributed by atoms with van der Waals surface area (Å²) in [5.74, 6) is 0.391. The third-order valence-electron chi connectivity index (χ3n) is 3.09. The number of pyridine rings is 1. The minimum atomic E-state index is -0.199. The first-order valence-corrected chi connectivity index (χ1v) is 6.74. The molecule has 2 heterocycles. The molecule has 0 saturated heterocycles. The molecule has 22 heavy (non-hydrogen) atoms. The number of phenols is 1. The molecule has 2 aromatic heterocycles. The minimum absolute atomic E-state index is 0.143. The quantitative estimate of drug-likeness (QED) is 0.689. The van der Waals surface area contributed by atoms with E-state index in [0.29, 0.717) is 5.82 Å². The highest BCUT2D eigenvalue weighted by molar-refractivity contribution is 5.91. The Kier molecular flexibility index (Phi) is 3.82. The first-order chi connectivity index (χ1) is 10.7. The number of nitrogens with one attached hydrogen (secondary N) is 2. The highest BCUT2D eigenvalue weighted by Crippen LogP contribution is 2.18. The van der Waals surface area contributed by atoms with E-state index in [1.54, 1.807) is 42.7 Å². The van der Waals surface area contributed by atoms with Crippen LogP contribution >= 0.6 is 0 Å². The van der Waals surface area contributed by atoms with Gasteiger partial charge in [0.2, 0.25) is 5.91 Å². The van der Waals surface area contributed by atoms with Gasteiger partial charge in [-0.3, -0.25) is 14.9 Å². The van der Waals surface area contributed by atoms with Gasteiger partial charge in [-0.2, -0.15) is 5.10 Å². The van der Waals surface area contributed by atoms with Crippen molar-refractivity contribution in [1.29, 1.82) is 0 Å². The standard InChI is InChI=1S/C16H14N4O2/c21-13-5-1-3-11(7-13)8-16(22)18-15-9-14(19-20-15)12-4-2-6-17-10-12/h1-7,9-10,21H,8H2,(H2,18,19,20,22). The molecule has 0 unspecified atom stereocenters. The fourth-order valence-corrected chi connectivity index (χ4v) is 2.09. The van der Waals surface area contributed by atoms with Crippen LogP contribution in [0.4, 0.5) is 5.82 Å². The van der Waals surface area contributed by atoms with E-state index in [9.17, 15) is 9.90 Å². The summed E-state index contributed by atoms with van der Waals surface area (Å²) in [7, 11) is 0. The molecule has 0 aliphatic carbocycles. The average molecular weight is 294 g/mol. The molecule has 0 spiro atoms. The number of H-pyrrole nitrogens is 1. The maximum Gasteiger partial charge on any atom is 0.229 e. The van der Waals surface area contributed by atoms with Gasteiger partial charge in [0.05, 0.1) is 12.1 Å². The summed E-state index contributed by atoms with van der Waals surface area (Å²) in [6, 6.07) is 12.1. The Labute approximate surface area is 126 Å². The molecular weight excluding hydrogens is 280 g/mol. The van der Waals surface area contributed by atoms with Crippen LogP contribution in [0.3, 0.4) is 0 Å². The third-order valence-corrected chi connectivity index (χ3v) is 3.09. The summed E-state index contributed by atoms with van der Waals surface area (Å²) in [5.41, 5.74) is 2.41. The Balaban J connectivity index is 1.66. The minimum Gasteiger partial charge on any atom is -0.508 e. The number of carbonyl (C=O) groups excluding carboxylic acids is 1. The number of aromatic hydroxyl groups is 1. The smallest absolute Gasteiger partial charge is 0.229 e. The van der Waals surface area contributed by atoms with E-state index in [0.717, 1.165) is 16.8 Å². The predicted octanol–water partition coefficient (Wildman–Crippen LogP) is 2.36. The largest absolute Gasteiger partial charge is 0.508 e. The van der Waals surface area contributed by atoms with E-state index in [1.807, 2.05) is 12.1 Å². The van der Waals surface area contributed by atoms with E-state index in [4.69, 9.17) is 0 Å². The van der Waals surface area contributed by atoms with Crippen molar-refractivity contribution >= 4 is 11.7 Å². The first kappa shape index (κ1) is 13.8. The van der Waals surface area contributed by atoms with Crippen LogP contribution < -0.4 is 5.32 Å². The second-order valence-electron chi connectivity index (χ2n) is 4.80. The van der Waals surface area contributed by atoms with E-state index in [1.165, 1.54) is 0 Å². The fraction of sp³-hybridized carbons (Fsp3) is 0.0625. The second kappa shape index (κ2) is 6.09. The van der Waals surface area contributed by atoms with Gasteiger partial charge in [-0.1, -0.05) is 12.1 Å². The zero-order valence-corrected chi connectivity index (χ0v) is 11.7. The summed E-state index contributed by atoms with van der Waals surface area (Å²) in [6.45, 7) is 0. The lowest BCUT2D eigenvalue weighted by atomic mass is 10.1. The summed E-state index contributed by atoms with van der Waals surface area (Å²) >= 11 is 0. The molecule has 3 aromatic rings. The molecule has 6 heteroatoms. The number of phenolic OH excluding ortho intramolecular Hbond substituents is 1. The van der Waals surface area contributed by atoms with Crippen molar-refractivity contribution < 1.29 is 9.90 Å². The van der Waals surface area contributed by atoms with Gasteiger partial charge in [0.1, 0.15) is 5.75 Å². The molecular formula is C16H14N4O2. The van der Waals surface area contributed by atoms with Crippen molar-refractivity contribution in [3.8, 4) is 17.0 Å². The Morgan fingerprint density at radius 3 is 2.91 bits per heavy atom. The van der Waals surface area contributed by atoms with Gasteiger partial charge in [0, 0.05) is 24.0 Å². The highest BCUT2D eigenvalue weighted by Gasteiger charge is 2.08. The molecule has 1 aromatic carbocycles. The van der Waals surface area contributed by atoms with Crippen molar-refractivity contribution in [2.75, 3.05) is 5.32 Å². The third kappa shape index (κ3) is 3.29. The van der Waals surface area contributed by atoms with Gasteiger partial charge >= 0.3 is 0 Å². The maximum absolute atomic E-state index is 12.0. The highest BCUT2D eigenvalue weighted by atomic mass is 16.3. The normalized spacial score (nSPS) is 10.4. The molecule has 0 fully saturated rings. The summed E-state index contributed by atoms with van der Waals surface area (Å²) in [4.78, 5) is 16.0. The maximum atomic E-state index is 12.0. The van der Waals surface area contributed by atoms with Crippen LogP contribution in [0.1, 0.15) is 5.56 Å². The van der Waals surface area contributed by atoms with E-state index >= 15 is 0 Å². The van der Waals surface area contributed by atoms with Gasteiger partial charge in [-0.25, -0.2) is 0 Å². The summed E-state index contributed by atoms with van der Waals surface area (Å²) < 4.78 is 0. The number of amides is 1. The van der Waals surface area contributed by atoms with Gasteiger partial charge in [-0.05, 0) is 29.8 Å².